The second-order valence-corrected chi connectivity index (χ2v) is 5.77. The third-order valence-corrected chi connectivity index (χ3v) is 3.87. The van der Waals surface area contributed by atoms with E-state index in [1.807, 2.05) is 42.5 Å². The lowest BCUT2D eigenvalue weighted by Crippen LogP contribution is -1.98. The number of hydrogen-bond acceptors (Lipinski definition) is 5. The van der Waals surface area contributed by atoms with Gasteiger partial charge in [0.2, 0.25) is 5.78 Å². The number of para-hydroxylation sites is 1. The van der Waals surface area contributed by atoms with Gasteiger partial charge in [0.25, 0.3) is 0 Å². The molecule has 0 aliphatic carbocycles. The summed E-state index contributed by atoms with van der Waals surface area (Å²) in [5.74, 6) is 0.607. The normalized spacial score (nSPS) is 14.2. The first kappa shape index (κ1) is 15.8. The molecule has 1 heterocycles. The molecule has 1 aliphatic heterocycles. The number of carbonyl (C=O) groups is 1. The number of ketones is 1. The fraction of sp³-hybridized carbons (Fsp3) is 0. The molecule has 128 valence electrons. The van der Waals surface area contributed by atoms with Crippen LogP contribution in [0.3, 0.4) is 0 Å². The lowest BCUT2D eigenvalue weighted by atomic mass is 10.1. The molecule has 0 spiro atoms. The van der Waals surface area contributed by atoms with E-state index in [9.17, 15) is 15.0 Å². The molecule has 26 heavy (non-hydrogen) atoms. The van der Waals surface area contributed by atoms with E-state index in [2.05, 4.69) is 0 Å². The van der Waals surface area contributed by atoms with Crippen LogP contribution in [0.15, 0.2) is 72.5 Å². The van der Waals surface area contributed by atoms with Gasteiger partial charge >= 0.3 is 0 Å². The van der Waals surface area contributed by atoms with Crippen LogP contribution in [-0.2, 0) is 0 Å². The number of fused-ring (bicyclic) bond motifs is 1. The van der Waals surface area contributed by atoms with Crippen molar-refractivity contribution in [2.75, 3.05) is 0 Å². The van der Waals surface area contributed by atoms with Crippen molar-refractivity contribution in [1.29, 1.82) is 0 Å². The highest BCUT2D eigenvalue weighted by Gasteiger charge is 2.31. The van der Waals surface area contributed by atoms with Gasteiger partial charge in [0.15, 0.2) is 5.76 Å². The number of phenols is 2. The summed E-state index contributed by atoms with van der Waals surface area (Å²) in [5.41, 5.74) is 0.754. The SMILES string of the molecule is O=C1C(=Cc2cccc(Oc3ccccc3)c2)Oc2cc(O)cc(O)c21. The first-order valence-corrected chi connectivity index (χ1v) is 7.93. The van der Waals surface area contributed by atoms with Gasteiger partial charge in [-0.1, -0.05) is 30.3 Å². The van der Waals surface area contributed by atoms with E-state index in [0.717, 1.165) is 6.07 Å². The predicted molar refractivity (Wildman–Crippen MR) is 95.7 cm³/mol. The minimum Gasteiger partial charge on any atom is -0.508 e. The zero-order valence-corrected chi connectivity index (χ0v) is 13.5. The van der Waals surface area contributed by atoms with Crippen LogP contribution in [0.4, 0.5) is 0 Å². The van der Waals surface area contributed by atoms with Crippen molar-refractivity contribution < 1.29 is 24.5 Å². The molecule has 0 saturated heterocycles. The molecule has 0 unspecified atom stereocenters. The fourth-order valence-corrected chi connectivity index (χ4v) is 2.72. The van der Waals surface area contributed by atoms with Gasteiger partial charge in [-0.15, -0.1) is 0 Å². The van der Waals surface area contributed by atoms with Crippen molar-refractivity contribution in [3.63, 3.8) is 0 Å². The number of benzene rings is 3. The number of phenolic OH excluding ortho intramolecular Hbond substituents is 2. The lowest BCUT2D eigenvalue weighted by molar-refractivity contribution is 0.101. The van der Waals surface area contributed by atoms with Crippen LogP contribution in [0.25, 0.3) is 6.08 Å². The maximum Gasteiger partial charge on any atom is 0.235 e. The van der Waals surface area contributed by atoms with E-state index >= 15 is 0 Å². The van der Waals surface area contributed by atoms with Gasteiger partial charge in [0, 0.05) is 12.1 Å². The molecule has 0 atom stereocenters. The zero-order chi connectivity index (χ0) is 18.1. The molecule has 0 fully saturated rings. The summed E-state index contributed by atoms with van der Waals surface area (Å²) in [4.78, 5) is 12.4. The minimum atomic E-state index is -0.438. The van der Waals surface area contributed by atoms with Crippen LogP contribution < -0.4 is 9.47 Å². The summed E-state index contributed by atoms with van der Waals surface area (Å²) in [6, 6.07) is 19.0. The number of ether oxygens (including phenoxy) is 2. The number of rotatable bonds is 3. The Morgan fingerprint density at radius 2 is 1.65 bits per heavy atom. The number of allylic oxidation sites excluding steroid dienone is 1. The molecule has 2 N–H and O–H groups in total. The molecule has 0 saturated carbocycles. The molecule has 5 nitrogen and oxygen atoms in total. The van der Waals surface area contributed by atoms with Gasteiger partial charge in [-0.2, -0.15) is 0 Å². The van der Waals surface area contributed by atoms with Crippen molar-refractivity contribution in [1.82, 2.24) is 0 Å². The highest BCUT2D eigenvalue weighted by Crippen LogP contribution is 2.40. The van der Waals surface area contributed by atoms with Crippen molar-refractivity contribution >= 4 is 11.9 Å². The van der Waals surface area contributed by atoms with Gasteiger partial charge in [-0.05, 0) is 35.9 Å². The van der Waals surface area contributed by atoms with Gasteiger partial charge in [-0.3, -0.25) is 4.79 Å². The first-order valence-electron chi connectivity index (χ1n) is 7.93. The molecule has 0 radical (unpaired) electrons. The standard InChI is InChI=1S/C21H14O5/c22-14-11-17(23)20-18(12-14)26-19(21(20)24)10-13-5-4-8-16(9-13)25-15-6-2-1-3-7-15/h1-12,22-23H. The van der Waals surface area contributed by atoms with Crippen LogP contribution in [0.5, 0.6) is 28.7 Å². The summed E-state index contributed by atoms with van der Waals surface area (Å²) < 4.78 is 11.3. The van der Waals surface area contributed by atoms with Crippen molar-refractivity contribution in [3.8, 4) is 28.7 Å². The van der Waals surface area contributed by atoms with Crippen molar-refractivity contribution in [2.45, 2.75) is 0 Å². The Bertz CT molecular complexity index is 1020. The van der Waals surface area contributed by atoms with E-state index in [4.69, 9.17) is 9.47 Å². The van der Waals surface area contributed by atoms with Gasteiger partial charge < -0.3 is 19.7 Å². The highest BCUT2D eigenvalue weighted by molar-refractivity contribution is 6.16. The topological polar surface area (TPSA) is 76.0 Å². The summed E-state index contributed by atoms with van der Waals surface area (Å²) in [5, 5.41) is 19.4. The smallest absolute Gasteiger partial charge is 0.235 e. The molecule has 3 aromatic rings. The van der Waals surface area contributed by atoms with Crippen LogP contribution >= 0.6 is 0 Å². The Kier molecular flexibility index (Phi) is 3.82. The van der Waals surface area contributed by atoms with Crippen LogP contribution in [0.2, 0.25) is 0 Å². The van der Waals surface area contributed by atoms with Gasteiger partial charge in [-0.25, -0.2) is 0 Å². The number of carbonyl (C=O) groups excluding carboxylic acids is 1. The largest absolute Gasteiger partial charge is 0.508 e. The number of Topliss-reactive ketones (excluding diaryl/α,β-unsaturated/α-hetero) is 1. The third-order valence-electron chi connectivity index (χ3n) is 3.87. The molecule has 1 aliphatic rings. The number of aromatic hydroxyl groups is 2. The Morgan fingerprint density at radius 3 is 2.46 bits per heavy atom. The lowest BCUT2D eigenvalue weighted by Gasteiger charge is -2.06. The van der Waals surface area contributed by atoms with E-state index in [1.165, 1.54) is 6.07 Å². The average molecular weight is 346 g/mol. The molecule has 4 rings (SSSR count). The number of hydrogen-bond donors (Lipinski definition) is 2. The minimum absolute atomic E-state index is 0.0470. The van der Waals surface area contributed by atoms with Crippen LogP contribution in [0, 0.1) is 0 Å². The molecule has 0 aromatic heterocycles. The first-order chi connectivity index (χ1) is 12.6. The second-order valence-electron chi connectivity index (χ2n) is 5.77. The quantitative estimate of drug-likeness (QED) is 0.683. The molecule has 0 amide bonds. The predicted octanol–water partition coefficient (Wildman–Crippen LogP) is 4.51. The maximum atomic E-state index is 12.4. The monoisotopic (exact) mass is 346 g/mol. The van der Waals surface area contributed by atoms with Gasteiger partial charge in [0.05, 0.1) is 0 Å². The van der Waals surface area contributed by atoms with E-state index in [1.54, 1.807) is 18.2 Å². The van der Waals surface area contributed by atoms with Crippen molar-refractivity contribution in [3.05, 3.63) is 83.6 Å². The van der Waals surface area contributed by atoms with Crippen LogP contribution in [-0.4, -0.2) is 16.0 Å². The second kappa shape index (κ2) is 6.29. The molecular formula is C21H14O5. The van der Waals surface area contributed by atoms with Crippen molar-refractivity contribution in [2.24, 2.45) is 0 Å². The van der Waals surface area contributed by atoms with E-state index < -0.39 is 5.78 Å². The summed E-state index contributed by atoms with van der Waals surface area (Å²) in [6.45, 7) is 0. The van der Waals surface area contributed by atoms with E-state index in [0.29, 0.717) is 17.1 Å². The van der Waals surface area contributed by atoms with Crippen LogP contribution in [0.1, 0.15) is 15.9 Å². The Hall–Kier alpha value is -3.73. The summed E-state index contributed by atoms with van der Waals surface area (Å²) in [7, 11) is 0. The summed E-state index contributed by atoms with van der Waals surface area (Å²) >= 11 is 0. The Balaban J connectivity index is 1.62. The molecule has 0 bridgehead atoms. The Morgan fingerprint density at radius 1 is 0.885 bits per heavy atom. The zero-order valence-electron chi connectivity index (χ0n) is 13.5. The summed E-state index contributed by atoms with van der Waals surface area (Å²) in [6.07, 6.45) is 1.57. The maximum absolute atomic E-state index is 12.4. The van der Waals surface area contributed by atoms with E-state index in [-0.39, 0.29) is 28.6 Å². The molecule has 3 aromatic carbocycles. The molecular weight excluding hydrogens is 332 g/mol. The fourth-order valence-electron chi connectivity index (χ4n) is 2.72. The molecule has 5 heteroatoms. The average Bonchev–Trinajstić information content (AvgIpc) is 2.92. The third kappa shape index (κ3) is 2.98. The Labute approximate surface area is 149 Å². The highest BCUT2D eigenvalue weighted by atomic mass is 16.5. The van der Waals surface area contributed by atoms with Gasteiger partial charge in [0.1, 0.15) is 34.3 Å².